The van der Waals surface area contributed by atoms with E-state index in [2.05, 4.69) is 0 Å². The molecule has 150 valence electrons. The molecule has 0 unspecified atom stereocenters. The molecule has 1 aliphatic heterocycles. The minimum Gasteiger partial charge on any atom is -0.507 e. The molecule has 9 nitrogen and oxygen atoms in total. The van der Waals surface area contributed by atoms with E-state index in [1.807, 2.05) is 0 Å². The molecule has 0 bridgehead atoms. The summed E-state index contributed by atoms with van der Waals surface area (Å²) in [7, 11) is 1.49. The van der Waals surface area contributed by atoms with E-state index >= 15 is 0 Å². The molecule has 29 heavy (non-hydrogen) atoms. The monoisotopic (exact) mass is 398 g/mol. The summed E-state index contributed by atoms with van der Waals surface area (Å²) in [4.78, 5) is 36.6. The van der Waals surface area contributed by atoms with Gasteiger partial charge in [0.1, 0.15) is 11.5 Å². The van der Waals surface area contributed by atoms with Crippen LogP contribution in [0.1, 0.15) is 17.2 Å². The summed E-state index contributed by atoms with van der Waals surface area (Å²) in [6.45, 7) is -0.523. The number of Topliss-reactive ketones (excluding diaryl/α,β-unsaturated/α-hetero) is 1. The molecular formula is C20H18N2O7. The minimum absolute atomic E-state index is 0.133. The zero-order valence-corrected chi connectivity index (χ0v) is 15.4. The number of aliphatic hydroxyl groups is 2. The topological polar surface area (TPSA) is 130 Å². The van der Waals surface area contributed by atoms with Crippen molar-refractivity contribution >= 4 is 23.1 Å². The van der Waals surface area contributed by atoms with E-state index in [9.17, 15) is 29.9 Å². The number of hydrogen-bond acceptors (Lipinski definition) is 7. The summed E-state index contributed by atoms with van der Waals surface area (Å²) in [5.74, 6) is -1.59. The van der Waals surface area contributed by atoms with Gasteiger partial charge in [0.05, 0.1) is 30.3 Å². The van der Waals surface area contributed by atoms with Crippen LogP contribution >= 0.6 is 0 Å². The molecule has 1 fully saturated rings. The SMILES string of the molecule is COc1ccc(/C(O)=C2\C(=O)C(=O)N(CCO)[C@@H]2c2ccc([N+](=O)[O-])cc2)cc1. The average molecular weight is 398 g/mol. The normalized spacial score (nSPS) is 18.1. The summed E-state index contributed by atoms with van der Waals surface area (Å²) in [6, 6.07) is 10.6. The van der Waals surface area contributed by atoms with E-state index in [0.29, 0.717) is 16.9 Å². The summed E-state index contributed by atoms with van der Waals surface area (Å²) < 4.78 is 5.07. The molecule has 2 aromatic carbocycles. The van der Waals surface area contributed by atoms with Gasteiger partial charge in [0.15, 0.2) is 0 Å². The van der Waals surface area contributed by atoms with Crippen LogP contribution in [0.4, 0.5) is 5.69 Å². The molecule has 3 rings (SSSR count). The maximum atomic E-state index is 12.7. The van der Waals surface area contributed by atoms with E-state index < -0.39 is 22.7 Å². The van der Waals surface area contributed by atoms with Crippen molar-refractivity contribution in [3.8, 4) is 5.75 Å². The van der Waals surface area contributed by atoms with Crippen molar-refractivity contribution in [1.29, 1.82) is 0 Å². The number of benzene rings is 2. The van der Waals surface area contributed by atoms with Crippen LogP contribution < -0.4 is 4.74 Å². The highest BCUT2D eigenvalue weighted by Gasteiger charge is 2.45. The summed E-state index contributed by atoms with van der Waals surface area (Å²) >= 11 is 0. The number of likely N-dealkylation sites (tertiary alicyclic amines) is 1. The number of non-ortho nitro benzene ring substituents is 1. The molecule has 0 radical (unpaired) electrons. The van der Waals surface area contributed by atoms with Crippen LogP contribution in [0.3, 0.4) is 0 Å². The van der Waals surface area contributed by atoms with Crippen LogP contribution in [0, 0.1) is 10.1 Å². The Labute approximate surface area is 165 Å². The Balaban J connectivity index is 2.14. The second-order valence-electron chi connectivity index (χ2n) is 6.29. The molecule has 0 aliphatic carbocycles. The Morgan fingerprint density at radius 1 is 1.14 bits per heavy atom. The number of rotatable bonds is 6. The highest BCUT2D eigenvalue weighted by Crippen LogP contribution is 2.39. The lowest BCUT2D eigenvalue weighted by atomic mass is 9.95. The zero-order valence-electron chi connectivity index (χ0n) is 15.4. The Morgan fingerprint density at radius 3 is 2.28 bits per heavy atom. The third-order valence-corrected chi connectivity index (χ3v) is 4.66. The fourth-order valence-corrected chi connectivity index (χ4v) is 3.25. The maximum Gasteiger partial charge on any atom is 0.295 e. The number of hydrogen-bond donors (Lipinski definition) is 2. The highest BCUT2D eigenvalue weighted by molar-refractivity contribution is 6.46. The van der Waals surface area contributed by atoms with E-state index in [1.54, 1.807) is 24.3 Å². The number of nitrogens with zero attached hydrogens (tertiary/aromatic N) is 2. The van der Waals surface area contributed by atoms with Gasteiger partial charge in [-0.15, -0.1) is 0 Å². The number of aliphatic hydroxyl groups excluding tert-OH is 2. The first-order valence-electron chi connectivity index (χ1n) is 8.67. The van der Waals surface area contributed by atoms with Crippen LogP contribution in [0.5, 0.6) is 5.75 Å². The highest BCUT2D eigenvalue weighted by atomic mass is 16.6. The summed E-state index contributed by atoms with van der Waals surface area (Å²) in [5.41, 5.74) is 0.406. The van der Waals surface area contributed by atoms with Gasteiger partial charge in [0.2, 0.25) is 0 Å². The van der Waals surface area contributed by atoms with Crippen molar-refractivity contribution < 1.29 is 29.5 Å². The number of ether oxygens (including phenoxy) is 1. The number of methoxy groups -OCH3 is 1. The quantitative estimate of drug-likeness (QED) is 0.250. The number of β-amino-alcohol motifs (C(OH)–C–C–N with tert-alkyl or cyclic N) is 1. The standard InChI is InChI=1S/C20H18N2O7/c1-29-15-8-4-13(5-9-15)18(24)16-17(21(10-11-23)20(26)19(16)25)12-2-6-14(7-3-12)22(27)28/h2-9,17,23-24H,10-11H2,1H3/b18-16+/t17-/m1/s1. The Kier molecular flexibility index (Phi) is 5.60. The van der Waals surface area contributed by atoms with Gasteiger partial charge < -0.3 is 19.8 Å². The number of nitro groups is 1. The number of carbonyl (C=O) groups excluding carboxylic acids is 2. The zero-order chi connectivity index (χ0) is 21.1. The summed E-state index contributed by atoms with van der Waals surface area (Å²) in [6.07, 6.45) is 0. The number of amides is 1. The molecule has 0 spiro atoms. The van der Waals surface area contributed by atoms with E-state index in [-0.39, 0.29) is 30.2 Å². The second kappa shape index (κ2) is 8.11. The van der Waals surface area contributed by atoms with Crippen LogP contribution in [0.25, 0.3) is 5.76 Å². The van der Waals surface area contributed by atoms with Crippen molar-refractivity contribution in [2.75, 3.05) is 20.3 Å². The van der Waals surface area contributed by atoms with Gasteiger partial charge in [-0.25, -0.2) is 0 Å². The Morgan fingerprint density at radius 2 is 1.76 bits per heavy atom. The molecule has 1 amide bonds. The van der Waals surface area contributed by atoms with Gasteiger partial charge in [-0.3, -0.25) is 19.7 Å². The van der Waals surface area contributed by atoms with Gasteiger partial charge in [0.25, 0.3) is 17.4 Å². The maximum absolute atomic E-state index is 12.7. The first kappa shape index (κ1) is 20.0. The van der Waals surface area contributed by atoms with Crippen molar-refractivity contribution in [3.05, 3.63) is 75.3 Å². The first-order chi connectivity index (χ1) is 13.9. The second-order valence-corrected chi connectivity index (χ2v) is 6.29. The van der Waals surface area contributed by atoms with E-state index in [4.69, 9.17) is 4.74 Å². The minimum atomic E-state index is -0.981. The average Bonchev–Trinajstić information content (AvgIpc) is 2.98. The molecule has 2 N–H and O–H groups in total. The third-order valence-electron chi connectivity index (χ3n) is 4.66. The molecule has 2 aromatic rings. The number of carbonyl (C=O) groups is 2. The smallest absolute Gasteiger partial charge is 0.295 e. The largest absolute Gasteiger partial charge is 0.507 e. The molecule has 0 aromatic heterocycles. The van der Waals surface area contributed by atoms with E-state index in [1.165, 1.54) is 31.4 Å². The Bertz CT molecular complexity index is 981. The van der Waals surface area contributed by atoms with Crippen LogP contribution in [-0.4, -0.2) is 52.0 Å². The van der Waals surface area contributed by atoms with Gasteiger partial charge in [0, 0.05) is 24.2 Å². The lowest BCUT2D eigenvalue weighted by Crippen LogP contribution is -2.32. The van der Waals surface area contributed by atoms with Gasteiger partial charge in [-0.05, 0) is 42.0 Å². The van der Waals surface area contributed by atoms with E-state index in [0.717, 1.165) is 4.90 Å². The lowest BCUT2D eigenvalue weighted by molar-refractivity contribution is -0.384. The Hall–Kier alpha value is -3.72. The molecule has 9 heteroatoms. The van der Waals surface area contributed by atoms with Crippen LogP contribution in [0.2, 0.25) is 0 Å². The van der Waals surface area contributed by atoms with Crippen LogP contribution in [0.15, 0.2) is 54.1 Å². The fourth-order valence-electron chi connectivity index (χ4n) is 3.25. The number of ketones is 1. The van der Waals surface area contributed by atoms with Gasteiger partial charge in [-0.1, -0.05) is 0 Å². The fraction of sp³-hybridized carbons (Fsp3) is 0.200. The molecule has 1 aliphatic rings. The molecule has 1 saturated heterocycles. The predicted octanol–water partition coefficient (Wildman–Crippen LogP) is 2.02. The number of nitro benzene ring substituents is 1. The van der Waals surface area contributed by atoms with Crippen molar-refractivity contribution in [2.45, 2.75) is 6.04 Å². The van der Waals surface area contributed by atoms with Crippen molar-refractivity contribution in [1.82, 2.24) is 4.90 Å². The third kappa shape index (κ3) is 3.67. The molecule has 0 saturated carbocycles. The predicted molar refractivity (Wildman–Crippen MR) is 102 cm³/mol. The lowest BCUT2D eigenvalue weighted by Gasteiger charge is -2.24. The molecule has 1 heterocycles. The first-order valence-corrected chi connectivity index (χ1v) is 8.67. The molecular weight excluding hydrogens is 380 g/mol. The summed E-state index contributed by atoms with van der Waals surface area (Å²) in [5, 5.41) is 31.0. The van der Waals surface area contributed by atoms with Crippen molar-refractivity contribution in [3.63, 3.8) is 0 Å². The molecule has 1 atom stereocenters. The van der Waals surface area contributed by atoms with Gasteiger partial charge >= 0.3 is 0 Å². The van der Waals surface area contributed by atoms with Crippen molar-refractivity contribution in [2.24, 2.45) is 0 Å². The van der Waals surface area contributed by atoms with Crippen LogP contribution in [-0.2, 0) is 9.59 Å². The van der Waals surface area contributed by atoms with Gasteiger partial charge in [-0.2, -0.15) is 0 Å².